The first-order valence-corrected chi connectivity index (χ1v) is 4.22. The first-order chi connectivity index (χ1) is 6.81. The maximum Gasteiger partial charge on any atom is 0.126 e. The summed E-state index contributed by atoms with van der Waals surface area (Å²) < 4.78 is 10.2. The van der Waals surface area contributed by atoms with Crippen molar-refractivity contribution < 1.29 is 14.3 Å². The van der Waals surface area contributed by atoms with Crippen molar-refractivity contribution in [2.24, 2.45) is 0 Å². The molecule has 14 heavy (non-hydrogen) atoms. The Morgan fingerprint density at radius 1 is 1.36 bits per heavy atom. The van der Waals surface area contributed by atoms with Gasteiger partial charge in [0.05, 0.1) is 14.2 Å². The van der Waals surface area contributed by atoms with Gasteiger partial charge in [0.15, 0.2) is 0 Å². The summed E-state index contributed by atoms with van der Waals surface area (Å²) in [6, 6.07) is 5.48. The van der Waals surface area contributed by atoms with Gasteiger partial charge in [0, 0.05) is 18.6 Å². The largest absolute Gasteiger partial charge is 0.497 e. The van der Waals surface area contributed by atoms with Crippen LogP contribution in [0.15, 0.2) is 24.3 Å². The van der Waals surface area contributed by atoms with Gasteiger partial charge in [-0.05, 0) is 11.6 Å². The molecule has 0 atom stereocenters. The summed E-state index contributed by atoms with van der Waals surface area (Å²) in [5.41, 5.74) is 0.941. The van der Waals surface area contributed by atoms with Crippen molar-refractivity contribution in [3.63, 3.8) is 0 Å². The van der Waals surface area contributed by atoms with E-state index in [1.165, 1.54) is 6.08 Å². The summed E-state index contributed by atoms with van der Waals surface area (Å²) in [5, 5.41) is 0. The predicted molar refractivity (Wildman–Crippen MR) is 53.5 cm³/mol. The van der Waals surface area contributed by atoms with Crippen molar-refractivity contribution in [1.29, 1.82) is 0 Å². The van der Waals surface area contributed by atoms with Crippen molar-refractivity contribution in [2.75, 3.05) is 14.2 Å². The Bertz CT molecular complexity index is 352. The number of benzene rings is 1. The van der Waals surface area contributed by atoms with Crippen molar-refractivity contribution in [1.82, 2.24) is 0 Å². The molecule has 3 nitrogen and oxygen atoms in total. The van der Waals surface area contributed by atoms with Crippen LogP contribution in [0.25, 0.3) is 0 Å². The number of allylic oxidation sites excluding steroid dienone is 1. The van der Waals surface area contributed by atoms with E-state index in [0.29, 0.717) is 6.42 Å². The highest BCUT2D eigenvalue weighted by Crippen LogP contribution is 2.24. The summed E-state index contributed by atoms with van der Waals surface area (Å²) in [4.78, 5) is 10.1. The molecule has 0 aliphatic rings. The van der Waals surface area contributed by atoms with Crippen molar-refractivity contribution in [3.05, 3.63) is 29.8 Å². The number of rotatable bonds is 4. The van der Waals surface area contributed by atoms with Gasteiger partial charge in [0.1, 0.15) is 17.4 Å². The molecular weight excluding hydrogens is 180 g/mol. The topological polar surface area (TPSA) is 35.5 Å². The molecule has 0 heterocycles. The second kappa shape index (κ2) is 5.10. The van der Waals surface area contributed by atoms with Crippen molar-refractivity contribution in [2.45, 2.75) is 6.42 Å². The fourth-order valence-electron chi connectivity index (χ4n) is 1.17. The standard InChI is InChI=1S/C11H12O3/c1-13-10-6-5-9(4-3-7-12)11(8-10)14-2/h3,5-6,8H,4H2,1-2H3. The Balaban J connectivity index is 2.98. The molecule has 0 fully saturated rings. The number of hydrogen-bond donors (Lipinski definition) is 0. The Labute approximate surface area is 83.0 Å². The molecule has 0 aliphatic carbocycles. The first-order valence-electron chi connectivity index (χ1n) is 4.22. The molecule has 0 aromatic heterocycles. The molecule has 0 amide bonds. The molecule has 0 saturated heterocycles. The fraction of sp³-hybridized carbons (Fsp3) is 0.273. The third-order valence-corrected chi connectivity index (χ3v) is 1.90. The highest BCUT2D eigenvalue weighted by atomic mass is 16.5. The highest BCUT2D eigenvalue weighted by Gasteiger charge is 2.02. The fourth-order valence-corrected chi connectivity index (χ4v) is 1.17. The third kappa shape index (κ3) is 2.38. The summed E-state index contributed by atoms with van der Waals surface area (Å²) in [6.07, 6.45) is 1.95. The summed E-state index contributed by atoms with van der Waals surface area (Å²) >= 11 is 0. The highest BCUT2D eigenvalue weighted by molar-refractivity contribution is 5.49. The lowest BCUT2D eigenvalue weighted by atomic mass is 10.1. The SMILES string of the molecule is COc1ccc(CC=C=O)c(OC)c1. The van der Waals surface area contributed by atoms with E-state index in [0.717, 1.165) is 17.1 Å². The van der Waals surface area contributed by atoms with Gasteiger partial charge < -0.3 is 9.47 Å². The summed E-state index contributed by atoms with van der Waals surface area (Å²) in [7, 11) is 3.18. The minimum atomic E-state index is 0.524. The zero-order valence-corrected chi connectivity index (χ0v) is 8.24. The van der Waals surface area contributed by atoms with Gasteiger partial charge in [0.2, 0.25) is 0 Å². The van der Waals surface area contributed by atoms with Gasteiger partial charge in [-0.25, -0.2) is 4.79 Å². The van der Waals surface area contributed by atoms with Crippen LogP contribution in [0, 0.1) is 0 Å². The van der Waals surface area contributed by atoms with Gasteiger partial charge in [-0.1, -0.05) is 6.07 Å². The van der Waals surface area contributed by atoms with Gasteiger partial charge >= 0.3 is 0 Å². The molecule has 0 N–H and O–H groups in total. The minimum absolute atomic E-state index is 0.524. The van der Waals surface area contributed by atoms with Gasteiger partial charge in [-0.3, -0.25) is 0 Å². The van der Waals surface area contributed by atoms with Crippen LogP contribution in [0.2, 0.25) is 0 Å². The van der Waals surface area contributed by atoms with Crippen LogP contribution < -0.4 is 9.47 Å². The van der Waals surface area contributed by atoms with Crippen molar-refractivity contribution in [3.8, 4) is 11.5 Å². The lowest BCUT2D eigenvalue weighted by molar-refractivity contribution is 0.391. The Morgan fingerprint density at radius 2 is 2.14 bits per heavy atom. The number of methoxy groups -OCH3 is 2. The second-order valence-electron chi connectivity index (χ2n) is 2.70. The molecule has 0 unspecified atom stereocenters. The molecule has 1 aromatic rings. The quantitative estimate of drug-likeness (QED) is 0.680. The lowest BCUT2D eigenvalue weighted by Crippen LogP contribution is -1.92. The monoisotopic (exact) mass is 192 g/mol. The van der Waals surface area contributed by atoms with Gasteiger partial charge in [0.25, 0.3) is 0 Å². The zero-order chi connectivity index (χ0) is 10.4. The van der Waals surface area contributed by atoms with E-state index < -0.39 is 0 Å². The van der Waals surface area contributed by atoms with Crippen LogP contribution in [0.3, 0.4) is 0 Å². The Kier molecular flexibility index (Phi) is 3.77. The summed E-state index contributed by atoms with van der Waals surface area (Å²) in [6.45, 7) is 0. The van der Waals surface area contributed by atoms with Crippen LogP contribution in [0.4, 0.5) is 0 Å². The maximum absolute atomic E-state index is 10.1. The van der Waals surface area contributed by atoms with E-state index in [2.05, 4.69) is 0 Å². The predicted octanol–water partition coefficient (Wildman–Crippen LogP) is 1.63. The van der Waals surface area contributed by atoms with E-state index in [9.17, 15) is 4.79 Å². The smallest absolute Gasteiger partial charge is 0.126 e. The molecule has 1 aromatic carbocycles. The van der Waals surface area contributed by atoms with Crippen LogP contribution >= 0.6 is 0 Å². The second-order valence-corrected chi connectivity index (χ2v) is 2.70. The molecule has 0 radical (unpaired) electrons. The van der Waals surface area contributed by atoms with Gasteiger partial charge in [-0.15, -0.1) is 0 Å². The Morgan fingerprint density at radius 3 is 2.71 bits per heavy atom. The molecule has 0 aliphatic heterocycles. The lowest BCUT2D eigenvalue weighted by Gasteiger charge is -2.07. The first kappa shape index (κ1) is 10.4. The number of carbonyl (C=O) groups excluding carboxylic acids is 1. The van der Waals surface area contributed by atoms with Crippen LogP contribution in [0.1, 0.15) is 5.56 Å². The van der Waals surface area contributed by atoms with Crippen LogP contribution in [0.5, 0.6) is 11.5 Å². The number of hydrogen-bond acceptors (Lipinski definition) is 3. The van der Waals surface area contributed by atoms with Crippen LogP contribution in [-0.2, 0) is 11.2 Å². The van der Waals surface area contributed by atoms with Crippen molar-refractivity contribution >= 4 is 5.94 Å². The number of ether oxygens (including phenoxy) is 2. The van der Waals surface area contributed by atoms with E-state index in [-0.39, 0.29) is 0 Å². The zero-order valence-electron chi connectivity index (χ0n) is 8.24. The average molecular weight is 192 g/mol. The van der Waals surface area contributed by atoms with Crippen LogP contribution in [-0.4, -0.2) is 20.2 Å². The van der Waals surface area contributed by atoms with E-state index in [1.54, 1.807) is 26.2 Å². The summed E-state index contributed by atoms with van der Waals surface area (Å²) in [5.74, 6) is 3.19. The maximum atomic E-state index is 10.1. The third-order valence-electron chi connectivity index (χ3n) is 1.90. The van der Waals surface area contributed by atoms with E-state index in [4.69, 9.17) is 9.47 Å². The molecule has 74 valence electrons. The normalized spacial score (nSPS) is 9.00. The van der Waals surface area contributed by atoms with E-state index >= 15 is 0 Å². The molecular formula is C11H12O3. The molecule has 1 rings (SSSR count). The Hall–Kier alpha value is -1.73. The van der Waals surface area contributed by atoms with E-state index in [1.807, 2.05) is 12.1 Å². The minimum Gasteiger partial charge on any atom is -0.497 e. The van der Waals surface area contributed by atoms with Gasteiger partial charge in [-0.2, -0.15) is 0 Å². The molecule has 0 saturated carbocycles. The average Bonchev–Trinajstić information content (AvgIpc) is 2.26. The molecule has 0 bridgehead atoms. The molecule has 3 heteroatoms. The molecule has 0 spiro atoms.